The number of aromatic nitrogens is 1. The first-order valence-electron chi connectivity index (χ1n) is 8.33. The normalized spacial score (nSPS) is 19.0. The Morgan fingerprint density at radius 3 is 2.56 bits per heavy atom. The first kappa shape index (κ1) is 18.0. The number of piperazine rings is 1. The molecule has 144 valence electrons. The van der Waals surface area contributed by atoms with Gasteiger partial charge in [0.25, 0.3) is 0 Å². The SMILES string of the molecule is CC1Sc2c(C(=O)O)c(=O)c3c(NN)c(F)c(N4CCNCC4)c(F)c3n21. The van der Waals surface area contributed by atoms with Gasteiger partial charge in [0.15, 0.2) is 11.6 Å². The van der Waals surface area contributed by atoms with Crippen LogP contribution in [0.1, 0.15) is 22.7 Å². The Kier molecular flexibility index (Phi) is 4.24. The van der Waals surface area contributed by atoms with Gasteiger partial charge in [-0.2, -0.15) is 0 Å². The summed E-state index contributed by atoms with van der Waals surface area (Å²) in [5, 5.41) is 12.0. The standard InChI is InChI=1S/C16H17F2N5O3S/c1-6-23-12-7(14(24)8(16(25)26)15(23)27-6)11(21-19)9(17)13(10(12)18)22-4-2-20-3-5-22/h6,20-21H,2-5,19H2,1H3,(H,25,26). The van der Waals surface area contributed by atoms with Crippen molar-refractivity contribution < 1.29 is 18.7 Å². The van der Waals surface area contributed by atoms with Crippen molar-refractivity contribution in [3.8, 4) is 0 Å². The van der Waals surface area contributed by atoms with E-state index in [-0.39, 0.29) is 27.0 Å². The van der Waals surface area contributed by atoms with E-state index in [2.05, 4.69) is 10.7 Å². The number of thioether (sulfide) groups is 1. The third-order valence-corrected chi connectivity index (χ3v) is 6.07. The van der Waals surface area contributed by atoms with Crippen molar-refractivity contribution in [2.45, 2.75) is 17.3 Å². The molecule has 1 aromatic carbocycles. The lowest BCUT2D eigenvalue weighted by Gasteiger charge is -2.35. The third-order valence-electron chi connectivity index (χ3n) is 4.89. The first-order valence-corrected chi connectivity index (χ1v) is 9.21. The van der Waals surface area contributed by atoms with Crippen LogP contribution >= 0.6 is 11.8 Å². The average Bonchev–Trinajstić information content (AvgIpc) is 2.63. The summed E-state index contributed by atoms with van der Waals surface area (Å²) in [6.07, 6.45) is 0. The van der Waals surface area contributed by atoms with E-state index in [4.69, 9.17) is 5.84 Å². The van der Waals surface area contributed by atoms with E-state index in [1.54, 1.807) is 11.8 Å². The van der Waals surface area contributed by atoms with E-state index in [0.717, 1.165) is 11.8 Å². The molecule has 1 saturated heterocycles. The van der Waals surface area contributed by atoms with Crippen molar-refractivity contribution in [3.05, 3.63) is 27.4 Å². The van der Waals surface area contributed by atoms with E-state index in [0.29, 0.717) is 26.2 Å². The van der Waals surface area contributed by atoms with Crippen molar-refractivity contribution in [1.82, 2.24) is 9.88 Å². The lowest BCUT2D eigenvalue weighted by Crippen LogP contribution is -2.44. The number of nitrogens with two attached hydrogens (primary N) is 1. The highest BCUT2D eigenvalue weighted by atomic mass is 32.2. The number of hydrogen-bond donors (Lipinski definition) is 4. The van der Waals surface area contributed by atoms with E-state index >= 15 is 8.78 Å². The molecule has 3 heterocycles. The minimum atomic E-state index is -1.44. The van der Waals surface area contributed by atoms with Crippen LogP contribution < -0.4 is 26.9 Å². The molecule has 2 aromatic rings. The van der Waals surface area contributed by atoms with Gasteiger partial charge in [0.2, 0.25) is 5.43 Å². The summed E-state index contributed by atoms with van der Waals surface area (Å²) in [5.74, 6) is 2.13. The van der Waals surface area contributed by atoms with Crippen LogP contribution in [0.3, 0.4) is 0 Å². The number of nitrogens with one attached hydrogen (secondary N) is 2. The monoisotopic (exact) mass is 397 g/mol. The molecule has 1 atom stereocenters. The highest BCUT2D eigenvalue weighted by molar-refractivity contribution is 8.00. The van der Waals surface area contributed by atoms with Crippen LogP contribution in [0.4, 0.5) is 20.2 Å². The van der Waals surface area contributed by atoms with Gasteiger partial charge >= 0.3 is 5.97 Å². The number of rotatable bonds is 3. The van der Waals surface area contributed by atoms with Gasteiger partial charge in [0.05, 0.1) is 21.3 Å². The second kappa shape index (κ2) is 6.36. The van der Waals surface area contributed by atoms with Crippen LogP contribution in [0.2, 0.25) is 0 Å². The smallest absolute Gasteiger partial charge is 0.342 e. The Morgan fingerprint density at radius 2 is 2.00 bits per heavy atom. The molecule has 11 heteroatoms. The van der Waals surface area contributed by atoms with Crippen LogP contribution in [0, 0.1) is 11.6 Å². The van der Waals surface area contributed by atoms with Gasteiger partial charge in [-0.25, -0.2) is 13.6 Å². The predicted octanol–water partition coefficient (Wildman–Crippen LogP) is 1.30. The zero-order valence-corrected chi connectivity index (χ0v) is 15.1. The number of carbonyl (C=O) groups is 1. The number of carboxylic acids is 1. The van der Waals surface area contributed by atoms with Crippen molar-refractivity contribution >= 4 is 40.0 Å². The number of hydrazine groups is 1. The van der Waals surface area contributed by atoms with Crippen molar-refractivity contribution in [2.24, 2.45) is 5.84 Å². The number of pyridine rings is 1. The van der Waals surface area contributed by atoms with Gasteiger partial charge in [-0.1, -0.05) is 11.8 Å². The quantitative estimate of drug-likeness (QED) is 0.453. The molecule has 0 saturated carbocycles. The summed E-state index contributed by atoms with van der Waals surface area (Å²) in [4.78, 5) is 25.9. The lowest BCUT2D eigenvalue weighted by atomic mass is 10.1. The summed E-state index contributed by atoms with van der Waals surface area (Å²) in [5.41, 5.74) is -0.113. The molecular formula is C16H17F2N5O3S. The summed E-state index contributed by atoms with van der Waals surface area (Å²) < 4.78 is 32.1. The van der Waals surface area contributed by atoms with E-state index < -0.39 is 34.3 Å². The molecule has 0 radical (unpaired) electrons. The molecule has 0 amide bonds. The van der Waals surface area contributed by atoms with Crippen LogP contribution in [0.25, 0.3) is 10.9 Å². The van der Waals surface area contributed by atoms with E-state index in [1.807, 2.05) is 0 Å². The van der Waals surface area contributed by atoms with Gasteiger partial charge in [-0.15, -0.1) is 0 Å². The number of halogens is 2. The number of carboxylic acid groups (broad SMARTS) is 1. The zero-order chi connectivity index (χ0) is 19.5. The Labute approximate surface area is 156 Å². The van der Waals surface area contributed by atoms with Crippen LogP contribution in [0.5, 0.6) is 0 Å². The summed E-state index contributed by atoms with van der Waals surface area (Å²) in [7, 11) is 0. The number of aromatic carboxylic acids is 1. The van der Waals surface area contributed by atoms with Gasteiger partial charge < -0.3 is 25.3 Å². The van der Waals surface area contributed by atoms with E-state index in [9.17, 15) is 14.7 Å². The fraction of sp³-hybridized carbons (Fsp3) is 0.375. The molecule has 5 N–H and O–H groups in total. The number of hydrogen-bond acceptors (Lipinski definition) is 7. The summed E-state index contributed by atoms with van der Waals surface area (Å²) in [6.45, 7) is 3.64. The highest BCUT2D eigenvalue weighted by Crippen LogP contribution is 2.49. The van der Waals surface area contributed by atoms with Crippen LogP contribution in [-0.4, -0.2) is 41.8 Å². The fourth-order valence-electron chi connectivity index (χ4n) is 3.67. The van der Waals surface area contributed by atoms with E-state index in [1.165, 1.54) is 4.57 Å². The second-order valence-electron chi connectivity index (χ2n) is 6.36. The molecule has 0 aliphatic carbocycles. The van der Waals surface area contributed by atoms with Gasteiger partial charge in [0.1, 0.15) is 16.9 Å². The molecule has 8 nitrogen and oxygen atoms in total. The molecule has 2 aliphatic rings. The first-order chi connectivity index (χ1) is 12.9. The number of benzene rings is 1. The largest absolute Gasteiger partial charge is 0.477 e. The maximum atomic E-state index is 15.5. The summed E-state index contributed by atoms with van der Waals surface area (Å²) >= 11 is 1.15. The molecule has 1 fully saturated rings. The number of fused-ring (bicyclic) bond motifs is 3. The third kappa shape index (κ3) is 2.42. The minimum absolute atomic E-state index is 0.130. The maximum Gasteiger partial charge on any atom is 0.342 e. The van der Waals surface area contributed by atoms with Crippen molar-refractivity contribution in [1.29, 1.82) is 0 Å². The van der Waals surface area contributed by atoms with Crippen molar-refractivity contribution in [2.75, 3.05) is 36.5 Å². The molecule has 0 bridgehead atoms. The number of anilines is 2. The number of nitrogen functional groups attached to an aromatic ring is 1. The van der Waals surface area contributed by atoms with Crippen molar-refractivity contribution in [3.63, 3.8) is 0 Å². The number of nitrogens with zero attached hydrogens (tertiary/aromatic N) is 2. The lowest BCUT2D eigenvalue weighted by molar-refractivity contribution is 0.0689. The predicted molar refractivity (Wildman–Crippen MR) is 98.5 cm³/mol. The highest BCUT2D eigenvalue weighted by Gasteiger charge is 2.37. The van der Waals surface area contributed by atoms with Crippen LogP contribution in [0.15, 0.2) is 9.82 Å². The molecule has 4 rings (SSSR count). The topological polar surface area (TPSA) is 113 Å². The Balaban J connectivity index is 2.15. The van der Waals surface area contributed by atoms with Gasteiger partial charge in [-0.3, -0.25) is 10.6 Å². The van der Waals surface area contributed by atoms with Crippen LogP contribution in [-0.2, 0) is 0 Å². The maximum absolute atomic E-state index is 15.5. The Bertz CT molecular complexity index is 1040. The average molecular weight is 397 g/mol. The molecule has 27 heavy (non-hydrogen) atoms. The Morgan fingerprint density at radius 1 is 1.33 bits per heavy atom. The van der Waals surface area contributed by atoms with Gasteiger partial charge in [0, 0.05) is 26.2 Å². The Hall–Kier alpha value is -2.37. The fourth-order valence-corrected chi connectivity index (χ4v) is 4.81. The molecule has 1 unspecified atom stereocenters. The molecule has 1 aromatic heterocycles. The zero-order valence-electron chi connectivity index (χ0n) is 14.3. The molecular weight excluding hydrogens is 380 g/mol. The minimum Gasteiger partial charge on any atom is -0.477 e. The second-order valence-corrected chi connectivity index (χ2v) is 7.66. The molecule has 2 aliphatic heterocycles. The summed E-state index contributed by atoms with van der Waals surface area (Å²) in [6, 6.07) is 0. The van der Waals surface area contributed by atoms with Gasteiger partial charge in [-0.05, 0) is 6.92 Å². The molecule has 0 spiro atoms.